The maximum atomic E-state index is 14.4. The lowest BCUT2D eigenvalue weighted by Crippen LogP contribution is -2.28. The quantitative estimate of drug-likeness (QED) is 0.486. The van der Waals surface area contributed by atoms with Crippen molar-refractivity contribution in [2.24, 2.45) is 0 Å². The number of halogens is 3. The van der Waals surface area contributed by atoms with Gasteiger partial charge in [0.2, 0.25) is 0 Å². The van der Waals surface area contributed by atoms with Crippen LogP contribution in [-0.2, 0) is 15.5 Å². The molecule has 0 saturated heterocycles. The van der Waals surface area contributed by atoms with Crippen molar-refractivity contribution in [3.63, 3.8) is 0 Å². The first-order chi connectivity index (χ1) is 13.7. The van der Waals surface area contributed by atoms with Crippen LogP contribution in [0.5, 0.6) is 0 Å². The van der Waals surface area contributed by atoms with Crippen molar-refractivity contribution in [1.82, 2.24) is 9.97 Å². The van der Waals surface area contributed by atoms with Gasteiger partial charge in [0.05, 0.1) is 12.1 Å². The minimum absolute atomic E-state index is 0.109. The molecule has 0 bridgehead atoms. The summed E-state index contributed by atoms with van der Waals surface area (Å²) in [6, 6.07) is 11.1. The highest BCUT2D eigenvalue weighted by atomic mass is 79.9. The molecule has 0 aliphatic rings. The second-order valence-corrected chi connectivity index (χ2v) is 7.48. The summed E-state index contributed by atoms with van der Waals surface area (Å²) in [5.74, 6) is -4.07. The highest BCUT2D eigenvalue weighted by Gasteiger charge is 2.42. The summed E-state index contributed by atoms with van der Waals surface area (Å²) in [7, 11) is 0. The van der Waals surface area contributed by atoms with E-state index >= 15 is 0 Å². The van der Waals surface area contributed by atoms with Crippen LogP contribution in [0.15, 0.2) is 46.9 Å². The number of nitrogens with zero attached hydrogens (tertiary/aromatic N) is 2. The van der Waals surface area contributed by atoms with Crippen molar-refractivity contribution in [3.8, 4) is 0 Å². The lowest BCUT2D eigenvalue weighted by Gasteiger charge is -2.20. The van der Waals surface area contributed by atoms with Gasteiger partial charge in [-0.1, -0.05) is 34.1 Å². The van der Waals surface area contributed by atoms with Crippen molar-refractivity contribution in [3.05, 3.63) is 63.9 Å². The Morgan fingerprint density at radius 3 is 2.72 bits per heavy atom. The molecule has 0 aliphatic heterocycles. The van der Waals surface area contributed by atoms with Gasteiger partial charge in [-0.05, 0) is 50.6 Å². The molecule has 1 unspecified atom stereocenters. The zero-order valence-corrected chi connectivity index (χ0v) is 17.8. The van der Waals surface area contributed by atoms with E-state index in [4.69, 9.17) is 0 Å². The highest BCUT2D eigenvalue weighted by Crippen LogP contribution is 2.32. The molecule has 1 heterocycles. The maximum Gasteiger partial charge on any atom is 0.381 e. The fourth-order valence-corrected chi connectivity index (χ4v) is 3.32. The van der Waals surface area contributed by atoms with Gasteiger partial charge in [-0.25, -0.2) is 14.8 Å². The average molecular weight is 464 g/mol. The number of hydrogen-bond donors (Lipinski definition) is 1. The molecule has 2 aromatic carbocycles. The Hall–Kier alpha value is -2.61. The number of nitrogens with one attached hydrogen (secondary N) is 1. The average Bonchev–Trinajstić information content (AvgIpc) is 2.68. The molecule has 152 valence electrons. The molecule has 29 heavy (non-hydrogen) atoms. The minimum atomic E-state index is -3.71. The monoisotopic (exact) mass is 463 g/mol. The molecular formula is C21H20BrF2N3O2. The molecule has 1 N–H and O–H groups in total. The number of rotatable bonds is 6. The van der Waals surface area contributed by atoms with Crippen LogP contribution in [0.1, 0.15) is 36.8 Å². The van der Waals surface area contributed by atoms with Crippen LogP contribution in [-0.4, -0.2) is 22.5 Å². The first kappa shape index (κ1) is 21.1. The zero-order chi connectivity index (χ0) is 21.2. The van der Waals surface area contributed by atoms with Crippen LogP contribution >= 0.6 is 15.9 Å². The van der Waals surface area contributed by atoms with Crippen LogP contribution in [0.3, 0.4) is 0 Å². The number of carbonyl (C=O) groups excluding carboxylic acids is 1. The van der Waals surface area contributed by atoms with Crippen LogP contribution in [0.4, 0.5) is 14.6 Å². The van der Waals surface area contributed by atoms with Gasteiger partial charge in [-0.3, -0.25) is 0 Å². The molecule has 0 radical (unpaired) electrons. The molecule has 3 rings (SSSR count). The normalized spacial score (nSPS) is 12.6. The van der Waals surface area contributed by atoms with Gasteiger partial charge in [-0.2, -0.15) is 8.78 Å². The number of esters is 1. The summed E-state index contributed by atoms with van der Waals surface area (Å²) in [6.45, 7) is 5.01. The van der Waals surface area contributed by atoms with Crippen molar-refractivity contribution < 1.29 is 18.3 Å². The van der Waals surface area contributed by atoms with Crippen molar-refractivity contribution in [1.29, 1.82) is 0 Å². The number of anilines is 1. The van der Waals surface area contributed by atoms with E-state index in [0.29, 0.717) is 17.2 Å². The van der Waals surface area contributed by atoms with E-state index in [-0.39, 0.29) is 12.6 Å². The van der Waals surface area contributed by atoms with Gasteiger partial charge in [0.25, 0.3) is 0 Å². The van der Waals surface area contributed by atoms with Crippen LogP contribution in [0, 0.1) is 6.92 Å². The number of alkyl halides is 2. The number of carbonyl (C=O) groups is 1. The summed E-state index contributed by atoms with van der Waals surface area (Å²) in [4.78, 5) is 20.5. The third-order valence-electron chi connectivity index (χ3n) is 4.40. The Morgan fingerprint density at radius 1 is 1.24 bits per heavy atom. The SMILES string of the molecule is CCOC(=O)C(F)(F)c1cccc(C(C)Nc2nc(C)nc3ccc(Br)cc23)c1. The standard InChI is InChI=1S/C21H20BrF2N3O2/c1-4-29-20(28)21(23,24)15-7-5-6-14(10-15)12(2)25-19-17-11-16(22)8-9-18(17)26-13(3)27-19/h5-12H,4H2,1-3H3,(H,25,26,27). The van der Waals surface area contributed by atoms with Gasteiger partial charge in [0, 0.05) is 21.5 Å². The number of aryl methyl sites for hydroxylation is 1. The number of benzene rings is 2. The Labute approximate surface area is 175 Å². The van der Waals surface area contributed by atoms with E-state index in [1.807, 2.05) is 25.1 Å². The molecule has 0 aliphatic carbocycles. The minimum Gasteiger partial charge on any atom is -0.461 e. The van der Waals surface area contributed by atoms with Crippen LogP contribution < -0.4 is 5.32 Å². The van der Waals surface area contributed by atoms with Crippen molar-refractivity contribution in [2.45, 2.75) is 32.7 Å². The van der Waals surface area contributed by atoms with Gasteiger partial charge >= 0.3 is 11.9 Å². The summed E-state index contributed by atoms with van der Waals surface area (Å²) in [5.41, 5.74) is 0.956. The van der Waals surface area contributed by atoms with Crippen molar-refractivity contribution >= 4 is 38.6 Å². The molecule has 0 fully saturated rings. The summed E-state index contributed by atoms with van der Waals surface area (Å²) in [6.07, 6.45) is 0. The van der Waals surface area contributed by atoms with Gasteiger partial charge < -0.3 is 10.1 Å². The largest absolute Gasteiger partial charge is 0.461 e. The number of fused-ring (bicyclic) bond motifs is 1. The smallest absolute Gasteiger partial charge is 0.381 e. The zero-order valence-electron chi connectivity index (χ0n) is 16.2. The van der Waals surface area contributed by atoms with Crippen molar-refractivity contribution in [2.75, 3.05) is 11.9 Å². The molecular weight excluding hydrogens is 444 g/mol. The summed E-state index contributed by atoms with van der Waals surface area (Å²) < 4.78 is 34.2. The van der Waals surface area contributed by atoms with E-state index in [1.54, 1.807) is 13.0 Å². The Balaban J connectivity index is 1.93. The molecule has 3 aromatic rings. The summed E-state index contributed by atoms with van der Waals surface area (Å²) >= 11 is 3.44. The topological polar surface area (TPSA) is 64.1 Å². The molecule has 5 nitrogen and oxygen atoms in total. The second-order valence-electron chi connectivity index (χ2n) is 6.57. The first-order valence-corrected chi connectivity index (χ1v) is 9.87. The highest BCUT2D eigenvalue weighted by molar-refractivity contribution is 9.10. The van der Waals surface area contributed by atoms with Crippen LogP contribution in [0.2, 0.25) is 0 Å². The molecule has 1 aromatic heterocycles. The second kappa shape index (κ2) is 8.41. The Morgan fingerprint density at radius 2 is 2.00 bits per heavy atom. The lowest BCUT2D eigenvalue weighted by molar-refractivity contribution is -0.173. The third kappa shape index (κ3) is 4.53. The lowest BCUT2D eigenvalue weighted by atomic mass is 10.0. The maximum absolute atomic E-state index is 14.4. The number of ether oxygens (including phenoxy) is 1. The molecule has 0 saturated carbocycles. The van der Waals surface area contributed by atoms with Gasteiger partial charge in [0.1, 0.15) is 11.6 Å². The predicted molar refractivity (Wildman–Crippen MR) is 111 cm³/mol. The number of hydrogen-bond acceptors (Lipinski definition) is 5. The van der Waals surface area contributed by atoms with E-state index in [2.05, 4.69) is 36.0 Å². The summed E-state index contributed by atoms with van der Waals surface area (Å²) in [5, 5.41) is 4.08. The Kier molecular flexibility index (Phi) is 6.12. The third-order valence-corrected chi connectivity index (χ3v) is 4.90. The van der Waals surface area contributed by atoms with E-state index < -0.39 is 17.5 Å². The van der Waals surface area contributed by atoms with E-state index in [0.717, 1.165) is 15.4 Å². The van der Waals surface area contributed by atoms with Crippen LogP contribution in [0.25, 0.3) is 10.9 Å². The predicted octanol–water partition coefficient (Wildman–Crippen LogP) is 5.53. The van der Waals surface area contributed by atoms with E-state index in [9.17, 15) is 13.6 Å². The molecule has 8 heteroatoms. The first-order valence-electron chi connectivity index (χ1n) is 9.08. The van der Waals surface area contributed by atoms with Gasteiger partial charge in [0.15, 0.2) is 0 Å². The fraction of sp³-hybridized carbons (Fsp3) is 0.286. The number of aromatic nitrogens is 2. The van der Waals surface area contributed by atoms with Gasteiger partial charge in [-0.15, -0.1) is 0 Å². The molecule has 1 atom stereocenters. The fourth-order valence-electron chi connectivity index (χ4n) is 2.96. The molecule has 0 spiro atoms. The van der Waals surface area contributed by atoms with E-state index in [1.165, 1.54) is 25.1 Å². The molecule has 0 amide bonds. The Bertz CT molecular complexity index is 1060.